The van der Waals surface area contributed by atoms with Crippen molar-refractivity contribution in [1.82, 2.24) is 10.3 Å². The Kier molecular flexibility index (Phi) is 9.84. The number of carbonyl (C=O) groups excluding carboxylic acids is 1. The van der Waals surface area contributed by atoms with Crippen LogP contribution in [0.1, 0.15) is 43.7 Å². The summed E-state index contributed by atoms with van der Waals surface area (Å²) in [5.74, 6) is 1.87. The van der Waals surface area contributed by atoms with E-state index in [2.05, 4.69) is 10.3 Å². The Morgan fingerprint density at radius 3 is 2.63 bits per heavy atom. The number of nitrogens with two attached hydrogens (primary N) is 1. The molecule has 0 aliphatic heterocycles. The summed E-state index contributed by atoms with van der Waals surface area (Å²) in [4.78, 5) is 16.8. The number of nitrogens with zero attached hydrogens (tertiary/aromatic N) is 1. The van der Waals surface area contributed by atoms with E-state index in [4.69, 9.17) is 10.2 Å². The lowest BCUT2D eigenvalue weighted by atomic mass is 9.84. The summed E-state index contributed by atoms with van der Waals surface area (Å²) in [5.41, 5.74) is 7.70. The van der Waals surface area contributed by atoms with Gasteiger partial charge in [0.15, 0.2) is 11.7 Å². The molecule has 7 heteroatoms. The number of nitrogens with one attached hydrogen (secondary N) is 1. The van der Waals surface area contributed by atoms with E-state index in [1.807, 2.05) is 37.3 Å². The maximum atomic E-state index is 12.3. The number of hydrogen-bond donors (Lipinski definition) is 2. The molecule has 2 aromatic rings. The van der Waals surface area contributed by atoms with Gasteiger partial charge in [-0.05, 0) is 32.2 Å². The van der Waals surface area contributed by atoms with Gasteiger partial charge in [0.1, 0.15) is 0 Å². The summed E-state index contributed by atoms with van der Waals surface area (Å²) in [6, 6.07) is 10.1. The Hall–Kier alpha value is -1.56. The number of rotatable bonds is 6. The molecule has 1 saturated carbocycles. The smallest absolute Gasteiger partial charge is 0.220 e. The van der Waals surface area contributed by atoms with Crippen LogP contribution in [0.4, 0.5) is 0 Å². The number of hydrogen-bond acceptors (Lipinski definition) is 4. The fourth-order valence-electron chi connectivity index (χ4n) is 3.60. The summed E-state index contributed by atoms with van der Waals surface area (Å²) >= 11 is 0. The fraction of sp³-hybridized carbons (Fsp3) is 0.500. The molecule has 1 aliphatic carbocycles. The molecule has 0 saturated heterocycles. The third-order valence-corrected chi connectivity index (χ3v) is 5.00. The van der Waals surface area contributed by atoms with E-state index < -0.39 is 0 Å². The lowest BCUT2D eigenvalue weighted by Gasteiger charge is -2.31. The van der Waals surface area contributed by atoms with Crippen LogP contribution in [0.15, 0.2) is 34.7 Å². The van der Waals surface area contributed by atoms with Crippen LogP contribution in [0.5, 0.6) is 0 Å². The van der Waals surface area contributed by atoms with Gasteiger partial charge in [-0.1, -0.05) is 43.2 Å². The summed E-state index contributed by atoms with van der Waals surface area (Å²) in [5, 5.41) is 3.15. The lowest BCUT2D eigenvalue weighted by Crippen LogP contribution is -2.44. The molecule has 1 aliphatic rings. The highest BCUT2D eigenvalue weighted by molar-refractivity contribution is 5.85. The molecule has 1 aromatic heterocycles. The van der Waals surface area contributed by atoms with Gasteiger partial charge in [0, 0.05) is 24.4 Å². The van der Waals surface area contributed by atoms with Crippen LogP contribution in [-0.2, 0) is 11.2 Å². The quantitative estimate of drug-likeness (QED) is 0.747. The Bertz CT molecular complexity index is 707. The number of amides is 1. The summed E-state index contributed by atoms with van der Waals surface area (Å²) < 4.78 is 5.87. The largest absolute Gasteiger partial charge is 0.440 e. The molecule has 150 valence electrons. The molecular weight excluding hydrogens is 385 g/mol. The third kappa shape index (κ3) is 6.23. The first-order valence-corrected chi connectivity index (χ1v) is 9.18. The monoisotopic (exact) mass is 413 g/mol. The average Bonchev–Trinajstić information content (AvgIpc) is 3.02. The van der Waals surface area contributed by atoms with Gasteiger partial charge >= 0.3 is 0 Å². The maximum absolute atomic E-state index is 12.3. The Labute approximate surface area is 173 Å². The molecule has 5 nitrogen and oxygen atoms in total. The van der Waals surface area contributed by atoms with E-state index >= 15 is 0 Å². The van der Waals surface area contributed by atoms with Crippen molar-refractivity contribution in [2.75, 3.05) is 6.54 Å². The summed E-state index contributed by atoms with van der Waals surface area (Å²) in [6.45, 7) is 2.58. The van der Waals surface area contributed by atoms with Gasteiger partial charge in [0.05, 0.1) is 5.69 Å². The van der Waals surface area contributed by atoms with E-state index in [-0.39, 0.29) is 36.8 Å². The number of benzene rings is 1. The molecule has 2 atom stereocenters. The highest BCUT2D eigenvalue weighted by Crippen LogP contribution is 2.25. The van der Waals surface area contributed by atoms with Crippen molar-refractivity contribution < 1.29 is 9.21 Å². The van der Waals surface area contributed by atoms with E-state index in [0.717, 1.165) is 29.9 Å². The Morgan fingerprint density at radius 2 is 1.93 bits per heavy atom. The van der Waals surface area contributed by atoms with Crippen LogP contribution in [0.3, 0.4) is 0 Å². The molecule has 1 amide bonds. The predicted molar refractivity (Wildman–Crippen MR) is 112 cm³/mol. The minimum absolute atomic E-state index is 0. The van der Waals surface area contributed by atoms with Crippen molar-refractivity contribution in [3.05, 3.63) is 41.9 Å². The molecular formula is C20H29Cl2N3O2. The highest BCUT2D eigenvalue weighted by Gasteiger charge is 2.25. The normalized spacial score (nSPS) is 18.9. The minimum atomic E-state index is 0. The van der Waals surface area contributed by atoms with Gasteiger partial charge < -0.3 is 15.5 Å². The molecule has 0 spiro atoms. The van der Waals surface area contributed by atoms with E-state index in [9.17, 15) is 4.79 Å². The molecule has 1 aromatic carbocycles. The van der Waals surface area contributed by atoms with Crippen molar-refractivity contribution >= 4 is 30.7 Å². The molecule has 0 bridgehead atoms. The average molecular weight is 414 g/mol. The molecule has 3 rings (SSSR count). The topological polar surface area (TPSA) is 81.2 Å². The number of oxazole rings is 1. The summed E-state index contributed by atoms with van der Waals surface area (Å²) in [7, 11) is 0. The number of carbonyl (C=O) groups is 1. The van der Waals surface area contributed by atoms with Gasteiger partial charge in [-0.15, -0.1) is 24.8 Å². The molecule has 27 heavy (non-hydrogen) atoms. The summed E-state index contributed by atoms with van der Waals surface area (Å²) in [6.07, 6.45) is 5.43. The fourth-order valence-corrected chi connectivity index (χ4v) is 3.60. The Balaban J connectivity index is 0.00000182. The van der Waals surface area contributed by atoms with Gasteiger partial charge in [-0.25, -0.2) is 4.98 Å². The number of aryl methyl sites for hydroxylation is 2. The van der Waals surface area contributed by atoms with E-state index in [1.165, 1.54) is 12.8 Å². The SMILES string of the molecule is Cc1nc(CCC(=O)NC2CCCCC2CN)oc1-c1ccccc1.Cl.Cl. The van der Waals surface area contributed by atoms with Crippen LogP contribution in [0, 0.1) is 12.8 Å². The lowest BCUT2D eigenvalue weighted by molar-refractivity contribution is -0.122. The van der Waals surface area contributed by atoms with Crippen LogP contribution in [0.2, 0.25) is 0 Å². The van der Waals surface area contributed by atoms with Gasteiger partial charge in [-0.3, -0.25) is 4.79 Å². The standard InChI is InChI=1S/C20H27N3O2.2ClH/c1-14-20(15-7-3-2-4-8-15)25-19(22-14)12-11-18(24)23-17-10-6-5-9-16(17)13-21;;/h2-4,7-8,16-17H,5-6,9-13,21H2,1H3,(H,23,24);2*1H. The van der Waals surface area contributed by atoms with Crippen LogP contribution in [0.25, 0.3) is 11.3 Å². The van der Waals surface area contributed by atoms with Crippen LogP contribution in [-0.4, -0.2) is 23.5 Å². The number of aromatic nitrogens is 1. The van der Waals surface area contributed by atoms with Crippen molar-refractivity contribution in [3.8, 4) is 11.3 Å². The van der Waals surface area contributed by atoms with E-state index in [0.29, 0.717) is 31.2 Å². The first-order chi connectivity index (χ1) is 12.2. The van der Waals surface area contributed by atoms with Gasteiger partial charge in [-0.2, -0.15) is 0 Å². The van der Waals surface area contributed by atoms with Crippen molar-refractivity contribution in [3.63, 3.8) is 0 Å². The highest BCUT2D eigenvalue weighted by atomic mass is 35.5. The zero-order chi connectivity index (χ0) is 17.6. The van der Waals surface area contributed by atoms with Gasteiger partial charge in [0.25, 0.3) is 0 Å². The van der Waals surface area contributed by atoms with Crippen molar-refractivity contribution in [1.29, 1.82) is 0 Å². The zero-order valence-corrected chi connectivity index (χ0v) is 17.3. The molecule has 1 heterocycles. The molecule has 1 fully saturated rings. The second-order valence-electron chi connectivity index (χ2n) is 6.84. The molecule has 0 radical (unpaired) electrons. The van der Waals surface area contributed by atoms with Crippen LogP contribution >= 0.6 is 24.8 Å². The second kappa shape index (κ2) is 11.3. The first-order valence-electron chi connectivity index (χ1n) is 9.18. The minimum Gasteiger partial charge on any atom is -0.440 e. The predicted octanol–water partition coefficient (Wildman–Crippen LogP) is 4.06. The number of halogens is 2. The Morgan fingerprint density at radius 1 is 1.22 bits per heavy atom. The zero-order valence-electron chi connectivity index (χ0n) is 15.6. The third-order valence-electron chi connectivity index (χ3n) is 5.00. The van der Waals surface area contributed by atoms with Gasteiger partial charge in [0.2, 0.25) is 5.91 Å². The van der Waals surface area contributed by atoms with Crippen molar-refractivity contribution in [2.24, 2.45) is 11.7 Å². The van der Waals surface area contributed by atoms with Crippen LogP contribution < -0.4 is 11.1 Å². The van der Waals surface area contributed by atoms with Crippen molar-refractivity contribution in [2.45, 2.75) is 51.5 Å². The maximum Gasteiger partial charge on any atom is 0.220 e. The second-order valence-corrected chi connectivity index (χ2v) is 6.84. The first kappa shape index (κ1) is 23.5. The molecule has 2 unspecified atom stereocenters. The van der Waals surface area contributed by atoms with E-state index in [1.54, 1.807) is 0 Å². The molecule has 3 N–H and O–H groups in total.